The van der Waals surface area contributed by atoms with Crippen LogP contribution < -0.4 is 4.90 Å². The highest BCUT2D eigenvalue weighted by Gasteiger charge is 2.22. The lowest BCUT2D eigenvalue weighted by Gasteiger charge is -2.27. The molecule has 3 heterocycles. The Morgan fingerprint density at radius 3 is 2.30 bits per heavy atom. The fraction of sp³-hybridized carbons (Fsp3) is 0.400. The Bertz CT molecular complexity index is 703. The van der Waals surface area contributed by atoms with Crippen LogP contribution in [0.5, 0.6) is 0 Å². The van der Waals surface area contributed by atoms with Gasteiger partial charge in [-0.15, -0.1) is 0 Å². The van der Waals surface area contributed by atoms with Crippen molar-refractivity contribution in [3.05, 3.63) is 15.6 Å². The first-order valence-corrected chi connectivity index (χ1v) is 8.33. The van der Waals surface area contributed by atoms with Gasteiger partial charge in [0.05, 0.1) is 0 Å². The summed E-state index contributed by atoms with van der Waals surface area (Å²) in [6, 6.07) is 0. The fourth-order valence-corrected chi connectivity index (χ4v) is 3.40. The summed E-state index contributed by atoms with van der Waals surface area (Å²) in [5, 5.41) is 0.221. The van der Waals surface area contributed by atoms with Gasteiger partial charge >= 0.3 is 0 Å². The van der Waals surface area contributed by atoms with E-state index in [4.69, 9.17) is 34.8 Å². The Balaban J connectivity index is 2.14. The van der Waals surface area contributed by atoms with Crippen molar-refractivity contribution in [2.24, 2.45) is 0 Å². The van der Waals surface area contributed by atoms with Gasteiger partial charge in [0.15, 0.2) is 27.3 Å². The van der Waals surface area contributed by atoms with E-state index in [2.05, 4.69) is 19.9 Å². The van der Waals surface area contributed by atoms with Crippen LogP contribution in [0.4, 0.5) is 5.82 Å². The van der Waals surface area contributed by atoms with Crippen LogP contribution in [0.2, 0.25) is 15.6 Å². The van der Waals surface area contributed by atoms with E-state index in [0.29, 0.717) is 41.6 Å². The number of aromatic nitrogens is 4. The summed E-state index contributed by atoms with van der Waals surface area (Å²) < 4.78 is 11.4. The summed E-state index contributed by atoms with van der Waals surface area (Å²) in [4.78, 5) is 18.4. The molecule has 0 radical (unpaired) electrons. The molecule has 3 rings (SSSR count). The van der Waals surface area contributed by atoms with Crippen molar-refractivity contribution < 1.29 is 4.21 Å². The average molecular weight is 353 g/mol. The molecular formula is C10H8Cl3N5OS. The van der Waals surface area contributed by atoms with E-state index in [-0.39, 0.29) is 15.6 Å². The summed E-state index contributed by atoms with van der Waals surface area (Å²) in [6.07, 6.45) is 0. The minimum absolute atomic E-state index is 0.0619. The van der Waals surface area contributed by atoms with Crippen molar-refractivity contribution in [1.29, 1.82) is 0 Å². The van der Waals surface area contributed by atoms with Crippen LogP contribution in [0.25, 0.3) is 11.2 Å². The first-order chi connectivity index (χ1) is 9.54. The maximum atomic E-state index is 11.4. The summed E-state index contributed by atoms with van der Waals surface area (Å²) in [7, 11) is -0.783. The highest BCUT2D eigenvalue weighted by molar-refractivity contribution is 7.85. The number of anilines is 1. The van der Waals surface area contributed by atoms with Gasteiger partial charge in [-0.05, 0) is 11.6 Å². The molecule has 1 saturated heterocycles. The number of hydrogen-bond acceptors (Lipinski definition) is 6. The van der Waals surface area contributed by atoms with Crippen LogP contribution in [-0.2, 0) is 10.8 Å². The van der Waals surface area contributed by atoms with Gasteiger partial charge in [-0.1, -0.05) is 23.2 Å². The van der Waals surface area contributed by atoms with E-state index in [0.717, 1.165) is 0 Å². The Labute approximate surface area is 131 Å². The molecule has 6 nitrogen and oxygen atoms in total. The van der Waals surface area contributed by atoms with E-state index in [9.17, 15) is 4.21 Å². The fourth-order valence-electron chi connectivity index (χ4n) is 1.94. The Morgan fingerprint density at radius 2 is 1.60 bits per heavy atom. The molecule has 1 aliphatic heterocycles. The van der Waals surface area contributed by atoms with Gasteiger partial charge < -0.3 is 4.90 Å². The van der Waals surface area contributed by atoms with Gasteiger partial charge in [0, 0.05) is 35.4 Å². The number of fused-ring (bicyclic) bond motifs is 1. The lowest BCUT2D eigenvalue weighted by atomic mass is 10.4. The van der Waals surface area contributed by atoms with Gasteiger partial charge in [-0.2, -0.15) is 9.97 Å². The molecule has 0 aromatic carbocycles. The molecule has 10 heteroatoms. The second-order valence-corrected chi connectivity index (χ2v) is 6.88. The number of halogens is 3. The number of nitrogens with zero attached hydrogens (tertiary/aromatic N) is 5. The van der Waals surface area contributed by atoms with Gasteiger partial charge in [0.25, 0.3) is 0 Å². The number of rotatable bonds is 1. The molecule has 1 aliphatic rings. The van der Waals surface area contributed by atoms with Crippen LogP contribution in [0.3, 0.4) is 0 Å². The van der Waals surface area contributed by atoms with Crippen LogP contribution in [0.15, 0.2) is 0 Å². The largest absolute Gasteiger partial charge is 0.353 e. The topological polar surface area (TPSA) is 71.9 Å². The third-order valence-corrected chi connectivity index (χ3v) is 4.95. The predicted octanol–water partition coefficient (Wildman–Crippen LogP) is 1.95. The molecule has 0 saturated carbocycles. The summed E-state index contributed by atoms with van der Waals surface area (Å²) in [5.74, 6) is 1.71. The minimum atomic E-state index is -0.783. The van der Waals surface area contributed by atoms with E-state index >= 15 is 0 Å². The Hall–Kier alpha value is -0.760. The van der Waals surface area contributed by atoms with Crippen molar-refractivity contribution >= 4 is 62.6 Å². The van der Waals surface area contributed by atoms with E-state index in [1.54, 1.807) is 0 Å². The highest BCUT2D eigenvalue weighted by Crippen LogP contribution is 2.27. The monoisotopic (exact) mass is 351 g/mol. The second-order valence-electron chi connectivity index (χ2n) is 4.13. The summed E-state index contributed by atoms with van der Waals surface area (Å²) in [5.41, 5.74) is 0.734. The van der Waals surface area contributed by atoms with E-state index in [1.165, 1.54) is 0 Å². The first-order valence-electron chi connectivity index (χ1n) is 5.71. The third-order valence-electron chi connectivity index (χ3n) is 2.88. The molecule has 1 fully saturated rings. The van der Waals surface area contributed by atoms with Crippen molar-refractivity contribution in [3.63, 3.8) is 0 Å². The maximum absolute atomic E-state index is 11.4. The zero-order chi connectivity index (χ0) is 14.3. The van der Waals surface area contributed by atoms with Gasteiger partial charge in [0.2, 0.25) is 5.28 Å². The lowest BCUT2D eigenvalue weighted by Crippen LogP contribution is -2.38. The molecule has 106 valence electrons. The summed E-state index contributed by atoms with van der Waals surface area (Å²) in [6.45, 7) is 1.22. The quantitative estimate of drug-likeness (QED) is 0.731. The maximum Gasteiger partial charge on any atom is 0.226 e. The van der Waals surface area contributed by atoms with E-state index in [1.807, 2.05) is 4.90 Å². The van der Waals surface area contributed by atoms with Crippen molar-refractivity contribution in [2.75, 3.05) is 29.5 Å². The van der Waals surface area contributed by atoms with Gasteiger partial charge in [0.1, 0.15) is 0 Å². The Morgan fingerprint density at radius 1 is 0.950 bits per heavy atom. The average Bonchev–Trinajstić information content (AvgIpc) is 2.41. The molecule has 0 aliphatic carbocycles. The van der Waals surface area contributed by atoms with E-state index < -0.39 is 10.8 Å². The molecule has 0 atom stereocenters. The normalized spacial score (nSPS) is 16.9. The second kappa shape index (κ2) is 5.55. The van der Waals surface area contributed by atoms with Crippen molar-refractivity contribution in [1.82, 2.24) is 19.9 Å². The molecule has 0 bridgehead atoms. The Kier molecular flexibility index (Phi) is 3.94. The first kappa shape index (κ1) is 14.2. The van der Waals surface area contributed by atoms with Crippen LogP contribution in [0.1, 0.15) is 0 Å². The van der Waals surface area contributed by atoms with Gasteiger partial charge in [-0.3, -0.25) is 4.21 Å². The smallest absolute Gasteiger partial charge is 0.226 e. The molecule has 2 aromatic heterocycles. The van der Waals surface area contributed by atoms with Crippen LogP contribution in [-0.4, -0.2) is 48.7 Å². The molecule has 0 amide bonds. The minimum Gasteiger partial charge on any atom is -0.353 e. The molecule has 0 unspecified atom stereocenters. The molecule has 20 heavy (non-hydrogen) atoms. The third kappa shape index (κ3) is 2.67. The summed E-state index contributed by atoms with van der Waals surface area (Å²) >= 11 is 17.6. The molecule has 2 aromatic rings. The molecule has 0 spiro atoms. The van der Waals surface area contributed by atoms with Crippen LogP contribution in [0, 0.1) is 0 Å². The molecular weight excluding hydrogens is 345 g/mol. The predicted molar refractivity (Wildman–Crippen MR) is 80.2 cm³/mol. The standard InChI is InChI=1S/C10H8Cl3N5OS/c11-6-7(12)15-8-5(14-6)9(17-10(13)16-8)18-1-3-20(19)4-2-18/h1-4H2. The molecule has 0 N–H and O–H groups in total. The highest BCUT2D eigenvalue weighted by atomic mass is 35.5. The SMILES string of the molecule is O=S1CCN(c2nc(Cl)nc3nc(Cl)c(Cl)nc23)CC1. The van der Waals surface area contributed by atoms with Crippen LogP contribution >= 0.6 is 34.8 Å². The lowest BCUT2D eigenvalue weighted by molar-refractivity contribution is 0.672. The zero-order valence-corrected chi connectivity index (χ0v) is 13.1. The zero-order valence-electron chi connectivity index (χ0n) is 10.0. The van der Waals surface area contributed by atoms with Crippen molar-refractivity contribution in [2.45, 2.75) is 0 Å². The van der Waals surface area contributed by atoms with Crippen molar-refractivity contribution in [3.8, 4) is 0 Å². The number of hydrogen-bond donors (Lipinski definition) is 0. The van der Waals surface area contributed by atoms with Gasteiger partial charge in [-0.25, -0.2) is 9.97 Å².